The molecule has 0 unspecified atom stereocenters. The highest BCUT2D eigenvalue weighted by atomic mass is 16.6. The van der Waals surface area contributed by atoms with Crippen LogP contribution in [-0.2, 0) is 4.79 Å². The Morgan fingerprint density at radius 3 is 2.63 bits per heavy atom. The van der Waals surface area contributed by atoms with Gasteiger partial charge < -0.3 is 19.5 Å². The molecule has 1 heterocycles. The van der Waals surface area contributed by atoms with Crippen LogP contribution in [0.5, 0.6) is 23.0 Å². The summed E-state index contributed by atoms with van der Waals surface area (Å²) in [5, 5.41) is 2.88. The van der Waals surface area contributed by atoms with Gasteiger partial charge in [-0.15, -0.1) is 0 Å². The molecule has 0 aromatic heterocycles. The third-order valence-corrected chi connectivity index (χ3v) is 4.16. The zero-order chi connectivity index (χ0) is 18.6. The maximum atomic E-state index is 12.7. The molecule has 0 saturated heterocycles. The van der Waals surface area contributed by atoms with E-state index >= 15 is 0 Å². The molecule has 1 N–H and O–H groups in total. The zero-order valence-electron chi connectivity index (χ0n) is 14.8. The van der Waals surface area contributed by atoms with Crippen molar-refractivity contribution in [1.29, 1.82) is 0 Å². The summed E-state index contributed by atoms with van der Waals surface area (Å²) < 4.78 is 17.3. The minimum absolute atomic E-state index is 0.156. The Bertz CT molecular complexity index is 970. The Kier molecular flexibility index (Phi) is 4.66. The van der Waals surface area contributed by atoms with Gasteiger partial charge in [0.15, 0.2) is 17.2 Å². The van der Waals surface area contributed by atoms with E-state index < -0.39 is 6.10 Å². The largest absolute Gasteiger partial charge is 0.485 e. The van der Waals surface area contributed by atoms with Gasteiger partial charge in [0, 0.05) is 0 Å². The van der Waals surface area contributed by atoms with Crippen LogP contribution in [0, 0.1) is 6.92 Å². The highest BCUT2D eigenvalue weighted by Crippen LogP contribution is 2.33. The molecule has 5 heteroatoms. The lowest BCUT2D eigenvalue weighted by molar-refractivity contribution is -0.125. The summed E-state index contributed by atoms with van der Waals surface area (Å²) >= 11 is 0. The normalized spacial score (nSPS) is 15.1. The van der Waals surface area contributed by atoms with Crippen LogP contribution in [0.25, 0.3) is 0 Å². The highest BCUT2D eigenvalue weighted by molar-refractivity contribution is 5.96. The molecule has 1 aliphatic heterocycles. The van der Waals surface area contributed by atoms with Crippen molar-refractivity contribution in [2.75, 3.05) is 11.9 Å². The summed E-state index contributed by atoms with van der Waals surface area (Å²) in [6.45, 7) is 2.16. The highest BCUT2D eigenvalue weighted by Gasteiger charge is 2.27. The number of ether oxygens (including phenoxy) is 3. The number of fused-ring (bicyclic) bond motifs is 1. The maximum absolute atomic E-state index is 12.7. The first-order valence-electron chi connectivity index (χ1n) is 8.72. The fraction of sp³-hybridized carbons (Fsp3) is 0.136. The van der Waals surface area contributed by atoms with Crippen molar-refractivity contribution in [3.8, 4) is 23.0 Å². The molecule has 0 fully saturated rings. The van der Waals surface area contributed by atoms with Crippen molar-refractivity contribution in [3.05, 3.63) is 78.4 Å². The molecule has 5 nitrogen and oxygen atoms in total. The molecule has 3 aromatic carbocycles. The van der Waals surface area contributed by atoms with Gasteiger partial charge in [-0.2, -0.15) is 0 Å². The minimum Gasteiger partial charge on any atom is -0.485 e. The standard InChI is InChI=1S/C22H19NO4/c1-15-7-6-8-16(13-15)26-18-10-3-2-9-17(18)23-22(24)21-14-25-19-11-4-5-12-20(19)27-21/h2-13,21H,14H2,1H3,(H,23,24)/t21-/m0/s1. The van der Waals surface area contributed by atoms with Crippen molar-refractivity contribution in [3.63, 3.8) is 0 Å². The summed E-state index contributed by atoms with van der Waals surface area (Å²) in [5.41, 5.74) is 1.67. The first-order chi connectivity index (χ1) is 13.2. The molecule has 27 heavy (non-hydrogen) atoms. The molecular weight excluding hydrogens is 342 g/mol. The fourth-order valence-electron chi connectivity index (χ4n) is 2.83. The Labute approximate surface area is 157 Å². The van der Waals surface area contributed by atoms with E-state index in [1.54, 1.807) is 12.1 Å². The maximum Gasteiger partial charge on any atom is 0.269 e. The van der Waals surface area contributed by atoms with Crippen LogP contribution < -0.4 is 19.5 Å². The molecule has 0 saturated carbocycles. The number of aryl methyl sites for hydroxylation is 1. The molecular formula is C22H19NO4. The van der Waals surface area contributed by atoms with E-state index in [4.69, 9.17) is 14.2 Å². The van der Waals surface area contributed by atoms with E-state index in [-0.39, 0.29) is 12.5 Å². The van der Waals surface area contributed by atoms with Gasteiger partial charge in [0.2, 0.25) is 6.10 Å². The molecule has 1 atom stereocenters. The topological polar surface area (TPSA) is 56.8 Å². The number of rotatable bonds is 4. The van der Waals surface area contributed by atoms with Crippen molar-refractivity contribution < 1.29 is 19.0 Å². The summed E-state index contributed by atoms with van der Waals surface area (Å²) in [5.74, 6) is 2.19. The van der Waals surface area contributed by atoms with Gasteiger partial charge in [-0.05, 0) is 48.9 Å². The van der Waals surface area contributed by atoms with Gasteiger partial charge in [0.25, 0.3) is 5.91 Å². The zero-order valence-corrected chi connectivity index (χ0v) is 14.8. The first-order valence-corrected chi connectivity index (χ1v) is 8.72. The molecule has 1 aliphatic rings. The van der Waals surface area contributed by atoms with Gasteiger partial charge in [-0.1, -0.05) is 36.4 Å². The van der Waals surface area contributed by atoms with Gasteiger partial charge in [-0.25, -0.2) is 0 Å². The molecule has 0 bridgehead atoms. The summed E-state index contributed by atoms with van der Waals surface area (Å²) in [6, 6.07) is 22.3. The van der Waals surface area contributed by atoms with E-state index in [0.717, 1.165) is 5.56 Å². The smallest absolute Gasteiger partial charge is 0.269 e. The van der Waals surface area contributed by atoms with Crippen molar-refractivity contribution in [2.45, 2.75) is 13.0 Å². The Morgan fingerprint density at radius 1 is 1.00 bits per heavy atom. The van der Waals surface area contributed by atoms with E-state index in [2.05, 4.69) is 5.32 Å². The number of hydrogen-bond acceptors (Lipinski definition) is 4. The minimum atomic E-state index is -0.730. The molecule has 1 amide bonds. The lowest BCUT2D eigenvalue weighted by atomic mass is 10.2. The van der Waals surface area contributed by atoms with E-state index in [1.165, 1.54) is 0 Å². The van der Waals surface area contributed by atoms with Crippen molar-refractivity contribution >= 4 is 11.6 Å². The van der Waals surface area contributed by atoms with Crippen molar-refractivity contribution in [2.24, 2.45) is 0 Å². The van der Waals surface area contributed by atoms with E-state index in [9.17, 15) is 4.79 Å². The van der Waals surface area contributed by atoms with Crippen LogP contribution in [0.1, 0.15) is 5.56 Å². The van der Waals surface area contributed by atoms with Crippen molar-refractivity contribution in [1.82, 2.24) is 0 Å². The fourth-order valence-corrected chi connectivity index (χ4v) is 2.83. The molecule has 4 rings (SSSR count). The third-order valence-electron chi connectivity index (χ3n) is 4.16. The van der Waals surface area contributed by atoms with Gasteiger partial charge >= 0.3 is 0 Å². The Balaban J connectivity index is 1.49. The van der Waals surface area contributed by atoms with Crippen LogP contribution in [0.3, 0.4) is 0 Å². The molecule has 0 aliphatic carbocycles. The number of nitrogens with one attached hydrogen (secondary N) is 1. The molecule has 136 valence electrons. The summed E-state index contributed by atoms with van der Waals surface area (Å²) in [6.07, 6.45) is -0.730. The third kappa shape index (κ3) is 3.87. The Morgan fingerprint density at radius 2 is 1.78 bits per heavy atom. The number of anilines is 1. The molecule has 3 aromatic rings. The molecule has 0 radical (unpaired) electrons. The Hall–Kier alpha value is -3.47. The monoisotopic (exact) mass is 361 g/mol. The average Bonchev–Trinajstić information content (AvgIpc) is 2.69. The lowest BCUT2D eigenvalue weighted by Crippen LogP contribution is -2.40. The number of para-hydroxylation sites is 4. The number of amides is 1. The van der Waals surface area contributed by atoms with Gasteiger partial charge in [-0.3, -0.25) is 4.79 Å². The van der Waals surface area contributed by atoms with Gasteiger partial charge in [0.1, 0.15) is 12.4 Å². The quantitative estimate of drug-likeness (QED) is 0.740. The average molecular weight is 361 g/mol. The second kappa shape index (κ2) is 7.41. The summed E-state index contributed by atoms with van der Waals surface area (Å²) in [4.78, 5) is 12.7. The number of carbonyl (C=O) groups excluding carboxylic acids is 1. The van der Waals surface area contributed by atoms with Crippen LogP contribution >= 0.6 is 0 Å². The lowest BCUT2D eigenvalue weighted by Gasteiger charge is -2.25. The second-order valence-electron chi connectivity index (χ2n) is 6.27. The first kappa shape index (κ1) is 17.0. The number of carbonyl (C=O) groups is 1. The predicted molar refractivity (Wildman–Crippen MR) is 103 cm³/mol. The van der Waals surface area contributed by atoms with E-state index in [1.807, 2.05) is 67.6 Å². The SMILES string of the molecule is Cc1cccc(Oc2ccccc2NC(=O)[C@@H]2COc3ccccc3O2)c1. The summed E-state index contributed by atoms with van der Waals surface area (Å²) in [7, 11) is 0. The predicted octanol–water partition coefficient (Wildman–Crippen LogP) is 4.57. The second-order valence-corrected chi connectivity index (χ2v) is 6.27. The van der Waals surface area contributed by atoms with Crippen LogP contribution in [0.15, 0.2) is 72.8 Å². The number of hydrogen-bond donors (Lipinski definition) is 1. The van der Waals surface area contributed by atoms with E-state index in [0.29, 0.717) is 28.7 Å². The van der Waals surface area contributed by atoms with Crippen LogP contribution in [0.4, 0.5) is 5.69 Å². The van der Waals surface area contributed by atoms with Crippen LogP contribution in [-0.4, -0.2) is 18.6 Å². The van der Waals surface area contributed by atoms with Gasteiger partial charge in [0.05, 0.1) is 5.69 Å². The molecule has 0 spiro atoms. The van der Waals surface area contributed by atoms with Crippen LogP contribution in [0.2, 0.25) is 0 Å². The number of benzene rings is 3.